The number of fused-ring (bicyclic) bond motifs is 1. The van der Waals surface area contributed by atoms with E-state index in [0.717, 1.165) is 23.4 Å². The standard InChI is InChI=1S/C15H18N2O2S/c1-19-15-8-11(16-9-17-15)7-12(18)14-6-10-4-2-3-5-13(10)20-14/h6,8-9,12,18H,2-5,7H2,1H3. The fraction of sp³-hybridized carbons (Fsp3) is 0.467. The van der Waals surface area contributed by atoms with E-state index >= 15 is 0 Å². The molecule has 1 aliphatic rings. The Kier molecular flexibility index (Phi) is 3.98. The van der Waals surface area contributed by atoms with Crippen molar-refractivity contribution in [2.24, 2.45) is 0 Å². The van der Waals surface area contributed by atoms with Gasteiger partial charge >= 0.3 is 0 Å². The van der Waals surface area contributed by atoms with Crippen LogP contribution in [-0.4, -0.2) is 22.2 Å². The molecule has 3 rings (SSSR count). The number of hydrogen-bond acceptors (Lipinski definition) is 5. The summed E-state index contributed by atoms with van der Waals surface area (Å²) >= 11 is 1.75. The summed E-state index contributed by atoms with van der Waals surface area (Å²) in [6.45, 7) is 0. The normalized spacial score (nSPS) is 15.7. The van der Waals surface area contributed by atoms with Crippen molar-refractivity contribution in [3.8, 4) is 5.88 Å². The van der Waals surface area contributed by atoms with Crippen LogP contribution in [0.4, 0.5) is 0 Å². The van der Waals surface area contributed by atoms with Crippen LogP contribution in [0.15, 0.2) is 18.5 Å². The number of aromatic nitrogens is 2. The summed E-state index contributed by atoms with van der Waals surface area (Å²) in [5.74, 6) is 0.535. The first-order valence-electron chi connectivity index (χ1n) is 6.90. The first-order valence-corrected chi connectivity index (χ1v) is 7.72. The van der Waals surface area contributed by atoms with Crippen LogP contribution in [0.1, 0.15) is 40.0 Å². The molecule has 0 bridgehead atoms. The van der Waals surface area contributed by atoms with Crippen molar-refractivity contribution >= 4 is 11.3 Å². The molecule has 106 valence electrons. The number of thiophene rings is 1. The molecule has 0 amide bonds. The number of aryl methyl sites for hydroxylation is 2. The van der Waals surface area contributed by atoms with Crippen molar-refractivity contribution < 1.29 is 9.84 Å². The fourth-order valence-corrected chi connectivity index (χ4v) is 3.82. The molecule has 0 saturated carbocycles. The van der Waals surface area contributed by atoms with E-state index in [1.165, 1.54) is 29.6 Å². The van der Waals surface area contributed by atoms with Crippen LogP contribution in [0.5, 0.6) is 5.88 Å². The molecule has 2 aromatic rings. The quantitative estimate of drug-likeness (QED) is 0.940. The Morgan fingerprint density at radius 2 is 2.15 bits per heavy atom. The Labute approximate surface area is 122 Å². The minimum absolute atomic E-state index is 0.495. The van der Waals surface area contributed by atoms with Crippen LogP contribution in [0, 0.1) is 0 Å². The van der Waals surface area contributed by atoms with Gasteiger partial charge in [0.25, 0.3) is 0 Å². The van der Waals surface area contributed by atoms with E-state index in [0.29, 0.717) is 12.3 Å². The van der Waals surface area contributed by atoms with E-state index in [2.05, 4.69) is 16.0 Å². The van der Waals surface area contributed by atoms with Crippen molar-refractivity contribution in [3.05, 3.63) is 39.5 Å². The van der Waals surface area contributed by atoms with Crippen molar-refractivity contribution in [3.63, 3.8) is 0 Å². The molecule has 0 radical (unpaired) electrons. The maximum absolute atomic E-state index is 10.4. The van der Waals surface area contributed by atoms with Gasteiger partial charge in [0.1, 0.15) is 6.33 Å². The molecule has 2 heterocycles. The highest BCUT2D eigenvalue weighted by molar-refractivity contribution is 7.12. The summed E-state index contributed by atoms with van der Waals surface area (Å²) in [6.07, 6.45) is 6.33. The predicted molar refractivity (Wildman–Crippen MR) is 78.2 cm³/mol. The third-order valence-electron chi connectivity index (χ3n) is 3.65. The van der Waals surface area contributed by atoms with Crippen LogP contribution < -0.4 is 4.74 Å². The van der Waals surface area contributed by atoms with E-state index in [1.54, 1.807) is 24.5 Å². The van der Waals surface area contributed by atoms with Gasteiger partial charge in [-0.1, -0.05) is 0 Å². The van der Waals surface area contributed by atoms with E-state index < -0.39 is 6.10 Å². The molecule has 1 N–H and O–H groups in total. The Morgan fingerprint density at radius 3 is 2.95 bits per heavy atom. The topological polar surface area (TPSA) is 55.2 Å². The van der Waals surface area contributed by atoms with Crippen LogP contribution >= 0.6 is 11.3 Å². The number of rotatable bonds is 4. The fourth-order valence-electron chi connectivity index (χ4n) is 2.58. The largest absolute Gasteiger partial charge is 0.481 e. The number of methoxy groups -OCH3 is 1. The Morgan fingerprint density at radius 1 is 1.30 bits per heavy atom. The second-order valence-electron chi connectivity index (χ2n) is 5.08. The lowest BCUT2D eigenvalue weighted by Crippen LogP contribution is -2.02. The van der Waals surface area contributed by atoms with Gasteiger partial charge in [-0.25, -0.2) is 9.97 Å². The van der Waals surface area contributed by atoms with Gasteiger partial charge < -0.3 is 9.84 Å². The molecule has 0 aliphatic heterocycles. The van der Waals surface area contributed by atoms with Gasteiger partial charge in [-0.3, -0.25) is 0 Å². The third kappa shape index (κ3) is 2.83. The number of nitrogens with zero attached hydrogens (tertiary/aromatic N) is 2. The Bertz CT molecular complexity index is 574. The second kappa shape index (κ2) is 5.89. The number of aliphatic hydroxyl groups excluding tert-OH is 1. The smallest absolute Gasteiger partial charge is 0.216 e. The van der Waals surface area contributed by atoms with Gasteiger partial charge in [0.05, 0.1) is 18.9 Å². The third-order valence-corrected chi connectivity index (χ3v) is 4.99. The molecule has 1 unspecified atom stereocenters. The first kappa shape index (κ1) is 13.5. The van der Waals surface area contributed by atoms with Gasteiger partial charge in [0.2, 0.25) is 5.88 Å². The number of hydrogen-bond donors (Lipinski definition) is 1. The average Bonchev–Trinajstić information content (AvgIpc) is 2.91. The van der Waals surface area contributed by atoms with Gasteiger partial charge in [-0.15, -0.1) is 11.3 Å². The van der Waals surface area contributed by atoms with Gasteiger partial charge in [-0.05, 0) is 37.3 Å². The zero-order valence-electron chi connectivity index (χ0n) is 11.5. The van der Waals surface area contributed by atoms with Crippen molar-refractivity contribution in [1.29, 1.82) is 0 Å². The highest BCUT2D eigenvalue weighted by Gasteiger charge is 2.18. The maximum atomic E-state index is 10.4. The number of ether oxygens (including phenoxy) is 1. The molecule has 2 aromatic heterocycles. The molecule has 1 atom stereocenters. The molecule has 5 heteroatoms. The average molecular weight is 290 g/mol. The second-order valence-corrected chi connectivity index (χ2v) is 6.24. The first-order chi connectivity index (χ1) is 9.76. The lowest BCUT2D eigenvalue weighted by molar-refractivity contribution is 0.181. The van der Waals surface area contributed by atoms with Gasteiger partial charge in [-0.2, -0.15) is 0 Å². The number of aliphatic hydroxyl groups is 1. The molecule has 0 spiro atoms. The highest BCUT2D eigenvalue weighted by atomic mass is 32.1. The highest BCUT2D eigenvalue weighted by Crippen LogP contribution is 2.33. The van der Waals surface area contributed by atoms with Crippen molar-refractivity contribution in [2.45, 2.75) is 38.2 Å². The van der Waals surface area contributed by atoms with Crippen LogP contribution in [0.25, 0.3) is 0 Å². The van der Waals surface area contributed by atoms with Crippen LogP contribution in [0.3, 0.4) is 0 Å². The van der Waals surface area contributed by atoms with E-state index in [9.17, 15) is 5.11 Å². The lowest BCUT2D eigenvalue weighted by Gasteiger charge is -2.08. The predicted octanol–water partition coefficient (Wildman–Crippen LogP) is 2.70. The molecular weight excluding hydrogens is 272 g/mol. The zero-order chi connectivity index (χ0) is 13.9. The van der Waals surface area contributed by atoms with E-state index in [1.807, 2.05) is 0 Å². The minimum Gasteiger partial charge on any atom is -0.481 e. The van der Waals surface area contributed by atoms with Gasteiger partial charge in [0, 0.05) is 22.2 Å². The van der Waals surface area contributed by atoms with Crippen LogP contribution in [-0.2, 0) is 19.3 Å². The molecule has 1 aliphatic carbocycles. The minimum atomic E-state index is -0.495. The maximum Gasteiger partial charge on any atom is 0.216 e. The molecule has 0 saturated heterocycles. The Hall–Kier alpha value is -1.46. The molecule has 0 aromatic carbocycles. The summed E-state index contributed by atoms with van der Waals surface area (Å²) in [7, 11) is 1.58. The summed E-state index contributed by atoms with van der Waals surface area (Å²) in [4.78, 5) is 10.7. The summed E-state index contributed by atoms with van der Waals surface area (Å²) in [5.41, 5.74) is 2.23. The van der Waals surface area contributed by atoms with Crippen molar-refractivity contribution in [2.75, 3.05) is 7.11 Å². The van der Waals surface area contributed by atoms with Crippen molar-refractivity contribution in [1.82, 2.24) is 9.97 Å². The SMILES string of the molecule is COc1cc(CC(O)c2cc3c(s2)CCCC3)ncn1. The van der Waals surface area contributed by atoms with Crippen LogP contribution in [0.2, 0.25) is 0 Å². The zero-order valence-corrected chi connectivity index (χ0v) is 12.3. The molecule has 4 nitrogen and oxygen atoms in total. The van der Waals surface area contributed by atoms with E-state index in [-0.39, 0.29) is 0 Å². The molecule has 20 heavy (non-hydrogen) atoms. The monoisotopic (exact) mass is 290 g/mol. The Balaban J connectivity index is 1.75. The summed E-state index contributed by atoms with van der Waals surface area (Å²) in [5, 5.41) is 10.4. The van der Waals surface area contributed by atoms with E-state index in [4.69, 9.17) is 4.74 Å². The summed E-state index contributed by atoms with van der Waals surface area (Å²) in [6, 6.07) is 3.94. The van der Waals surface area contributed by atoms with Gasteiger partial charge in [0.15, 0.2) is 0 Å². The molecular formula is C15H18N2O2S. The summed E-state index contributed by atoms with van der Waals surface area (Å²) < 4.78 is 5.08. The molecule has 0 fully saturated rings. The lowest BCUT2D eigenvalue weighted by atomic mass is 9.98.